The fraction of sp³-hybridized carbons (Fsp3) is 0.357. The number of hydrogen-bond donors (Lipinski definition) is 2. The van der Waals surface area contributed by atoms with Gasteiger partial charge in [-0.1, -0.05) is 20.3 Å². The third-order valence-corrected chi connectivity index (χ3v) is 3.17. The van der Waals surface area contributed by atoms with Crippen molar-refractivity contribution in [3.63, 3.8) is 0 Å². The van der Waals surface area contributed by atoms with Gasteiger partial charge >= 0.3 is 0 Å². The maximum atomic E-state index is 11.9. The van der Waals surface area contributed by atoms with Crippen molar-refractivity contribution in [3.8, 4) is 0 Å². The SMILES string of the molecule is CCCC(C)C(=O)Nc1ccc2c(c1)C(=O)NC2=O. The molecule has 2 N–H and O–H groups in total. The van der Waals surface area contributed by atoms with E-state index in [1.807, 2.05) is 13.8 Å². The fourth-order valence-corrected chi connectivity index (χ4v) is 2.08. The van der Waals surface area contributed by atoms with Crippen LogP contribution in [-0.2, 0) is 4.79 Å². The predicted octanol–water partition coefficient (Wildman–Crippen LogP) is 1.94. The monoisotopic (exact) mass is 260 g/mol. The van der Waals surface area contributed by atoms with Gasteiger partial charge < -0.3 is 5.32 Å². The van der Waals surface area contributed by atoms with Crippen LogP contribution in [0, 0.1) is 5.92 Å². The van der Waals surface area contributed by atoms with Crippen molar-refractivity contribution in [3.05, 3.63) is 29.3 Å². The molecule has 1 unspecified atom stereocenters. The molecule has 0 saturated carbocycles. The summed E-state index contributed by atoms with van der Waals surface area (Å²) >= 11 is 0. The summed E-state index contributed by atoms with van der Waals surface area (Å²) < 4.78 is 0. The van der Waals surface area contributed by atoms with Crippen molar-refractivity contribution in [2.24, 2.45) is 5.92 Å². The first-order chi connectivity index (χ1) is 9.02. The minimum Gasteiger partial charge on any atom is -0.326 e. The zero-order chi connectivity index (χ0) is 14.0. The van der Waals surface area contributed by atoms with Crippen molar-refractivity contribution in [1.82, 2.24) is 5.32 Å². The van der Waals surface area contributed by atoms with E-state index in [2.05, 4.69) is 10.6 Å². The number of anilines is 1. The summed E-state index contributed by atoms with van der Waals surface area (Å²) in [4.78, 5) is 34.8. The molecule has 1 atom stereocenters. The van der Waals surface area contributed by atoms with Gasteiger partial charge in [0, 0.05) is 11.6 Å². The lowest BCUT2D eigenvalue weighted by molar-refractivity contribution is -0.119. The van der Waals surface area contributed by atoms with Gasteiger partial charge in [0.05, 0.1) is 11.1 Å². The Morgan fingerprint density at radius 1 is 1.26 bits per heavy atom. The molecule has 0 spiro atoms. The molecule has 1 aromatic carbocycles. The summed E-state index contributed by atoms with van der Waals surface area (Å²) in [6, 6.07) is 4.72. The number of carbonyl (C=O) groups excluding carboxylic acids is 3. The van der Waals surface area contributed by atoms with Crippen LogP contribution in [0.15, 0.2) is 18.2 Å². The van der Waals surface area contributed by atoms with Crippen molar-refractivity contribution in [2.75, 3.05) is 5.32 Å². The molecule has 0 saturated heterocycles. The van der Waals surface area contributed by atoms with E-state index in [0.717, 1.165) is 12.8 Å². The Bertz CT molecular complexity index is 552. The summed E-state index contributed by atoms with van der Waals surface area (Å²) in [5.41, 5.74) is 1.20. The highest BCUT2D eigenvalue weighted by molar-refractivity contribution is 6.22. The van der Waals surface area contributed by atoms with Gasteiger partial charge in [-0.3, -0.25) is 19.7 Å². The lowest BCUT2D eigenvalue weighted by Crippen LogP contribution is -2.20. The Labute approximate surface area is 111 Å². The molecule has 0 bridgehead atoms. The second-order valence-corrected chi connectivity index (χ2v) is 4.72. The van der Waals surface area contributed by atoms with E-state index in [9.17, 15) is 14.4 Å². The van der Waals surface area contributed by atoms with Crippen LogP contribution < -0.4 is 10.6 Å². The summed E-state index contributed by atoms with van der Waals surface area (Å²) in [6.45, 7) is 3.89. The Hall–Kier alpha value is -2.17. The molecule has 1 aliphatic heterocycles. The number of rotatable bonds is 4. The molecule has 0 fully saturated rings. The summed E-state index contributed by atoms with van der Waals surface area (Å²) in [5.74, 6) is -0.963. The molecule has 0 aliphatic carbocycles. The number of benzene rings is 1. The third-order valence-electron chi connectivity index (χ3n) is 3.17. The van der Waals surface area contributed by atoms with E-state index in [-0.39, 0.29) is 11.8 Å². The maximum absolute atomic E-state index is 11.9. The van der Waals surface area contributed by atoms with Gasteiger partial charge in [-0.25, -0.2) is 0 Å². The van der Waals surface area contributed by atoms with Crippen LogP contribution in [0.5, 0.6) is 0 Å². The number of fused-ring (bicyclic) bond motifs is 1. The molecule has 3 amide bonds. The van der Waals surface area contributed by atoms with Crippen LogP contribution in [0.2, 0.25) is 0 Å². The van der Waals surface area contributed by atoms with Gasteiger partial charge in [-0.15, -0.1) is 0 Å². The minimum atomic E-state index is -0.419. The van der Waals surface area contributed by atoms with E-state index in [1.54, 1.807) is 12.1 Å². The van der Waals surface area contributed by atoms with E-state index >= 15 is 0 Å². The molecular formula is C14H16N2O3. The molecule has 5 heteroatoms. The standard InChI is InChI=1S/C14H16N2O3/c1-3-4-8(2)12(17)15-9-5-6-10-11(7-9)14(19)16-13(10)18/h5-8H,3-4H2,1-2H3,(H,15,17)(H,16,18,19). The largest absolute Gasteiger partial charge is 0.326 e. The number of hydrogen-bond acceptors (Lipinski definition) is 3. The van der Waals surface area contributed by atoms with Gasteiger partial charge in [-0.05, 0) is 24.6 Å². The van der Waals surface area contributed by atoms with Crippen molar-refractivity contribution in [1.29, 1.82) is 0 Å². The van der Waals surface area contributed by atoms with Gasteiger partial charge in [0.1, 0.15) is 0 Å². The second kappa shape index (κ2) is 5.22. The van der Waals surface area contributed by atoms with Gasteiger partial charge in [0.15, 0.2) is 0 Å². The van der Waals surface area contributed by atoms with Crippen LogP contribution in [-0.4, -0.2) is 17.7 Å². The van der Waals surface area contributed by atoms with Crippen LogP contribution in [0.3, 0.4) is 0 Å². The molecule has 0 aromatic heterocycles. The quantitative estimate of drug-likeness (QED) is 0.812. The molecule has 5 nitrogen and oxygen atoms in total. The first kappa shape index (κ1) is 13.3. The van der Waals surface area contributed by atoms with Gasteiger partial charge in [0.2, 0.25) is 5.91 Å². The molecule has 1 aromatic rings. The molecule has 19 heavy (non-hydrogen) atoms. The van der Waals surface area contributed by atoms with Crippen LogP contribution in [0.1, 0.15) is 47.4 Å². The van der Waals surface area contributed by atoms with Crippen LogP contribution in [0.25, 0.3) is 0 Å². The summed E-state index contributed by atoms with van der Waals surface area (Å²) in [5, 5.41) is 4.98. The summed E-state index contributed by atoms with van der Waals surface area (Å²) in [6.07, 6.45) is 1.76. The fourth-order valence-electron chi connectivity index (χ4n) is 2.08. The highest BCUT2D eigenvalue weighted by Gasteiger charge is 2.26. The Balaban J connectivity index is 2.15. The maximum Gasteiger partial charge on any atom is 0.259 e. The Morgan fingerprint density at radius 3 is 2.63 bits per heavy atom. The average Bonchev–Trinajstić information content (AvgIpc) is 2.65. The number of carbonyl (C=O) groups is 3. The molecule has 1 heterocycles. The highest BCUT2D eigenvalue weighted by atomic mass is 16.2. The topological polar surface area (TPSA) is 75.3 Å². The minimum absolute atomic E-state index is 0.0753. The lowest BCUT2D eigenvalue weighted by Gasteiger charge is -2.11. The number of imide groups is 1. The number of amides is 3. The highest BCUT2D eigenvalue weighted by Crippen LogP contribution is 2.21. The van der Waals surface area contributed by atoms with E-state index in [4.69, 9.17) is 0 Å². The smallest absolute Gasteiger partial charge is 0.259 e. The predicted molar refractivity (Wildman–Crippen MR) is 70.9 cm³/mol. The van der Waals surface area contributed by atoms with Crippen LogP contribution in [0.4, 0.5) is 5.69 Å². The first-order valence-electron chi connectivity index (χ1n) is 6.33. The average molecular weight is 260 g/mol. The Morgan fingerprint density at radius 2 is 1.95 bits per heavy atom. The van der Waals surface area contributed by atoms with Gasteiger partial charge in [0.25, 0.3) is 11.8 Å². The zero-order valence-corrected chi connectivity index (χ0v) is 10.9. The molecular weight excluding hydrogens is 244 g/mol. The molecule has 100 valence electrons. The van der Waals surface area contributed by atoms with Gasteiger partial charge in [-0.2, -0.15) is 0 Å². The zero-order valence-electron chi connectivity index (χ0n) is 10.9. The molecule has 1 aliphatic rings. The van der Waals surface area contributed by atoms with Crippen LogP contribution >= 0.6 is 0 Å². The van der Waals surface area contributed by atoms with Crippen molar-refractivity contribution in [2.45, 2.75) is 26.7 Å². The normalized spacial score (nSPS) is 14.8. The van der Waals surface area contributed by atoms with Crippen molar-refractivity contribution >= 4 is 23.4 Å². The second-order valence-electron chi connectivity index (χ2n) is 4.72. The Kier molecular flexibility index (Phi) is 3.64. The summed E-state index contributed by atoms with van der Waals surface area (Å²) in [7, 11) is 0. The molecule has 0 radical (unpaired) electrons. The lowest BCUT2D eigenvalue weighted by atomic mass is 10.0. The van der Waals surface area contributed by atoms with E-state index in [1.165, 1.54) is 6.07 Å². The van der Waals surface area contributed by atoms with E-state index in [0.29, 0.717) is 16.8 Å². The first-order valence-corrected chi connectivity index (χ1v) is 6.33. The van der Waals surface area contributed by atoms with E-state index < -0.39 is 11.8 Å². The number of nitrogens with one attached hydrogen (secondary N) is 2. The molecule has 2 rings (SSSR count). The third kappa shape index (κ3) is 2.65. The van der Waals surface area contributed by atoms with Crippen molar-refractivity contribution < 1.29 is 14.4 Å².